The van der Waals surface area contributed by atoms with Crippen molar-refractivity contribution in [3.8, 4) is 0 Å². The summed E-state index contributed by atoms with van der Waals surface area (Å²) in [6, 6.07) is 15.4. The molecule has 0 saturated heterocycles. The van der Waals surface area contributed by atoms with Crippen LogP contribution in [0.3, 0.4) is 0 Å². The highest BCUT2D eigenvalue weighted by Crippen LogP contribution is 2.30. The molecule has 0 aliphatic heterocycles. The highest BCUT2D eigenvalue weighted by Gasteiger charge is 2.20. The molecule has 0 spiro atoms. The van der Waals surface area contributed by atoms with E-state index in [0.29, 0.717) is 0 Å². The highest BCUT2D eigenvalue weighted by atomic mass is 79.9. The molecule has 8 heteroatoms. The summed E-state index contributed by atoms with van der Waals surface area (Å²) < 4.78 is 13.8. The van der Waals surface area contributed by atoms with E-state index >= 15 is 0 Å². The number of allylic oxidation sites excluding steroid dienone is 4. The third-order valence-electron chi connectivity index (χ3n) is 8.39. The van der Waals surface area contributed by atoms with Gasteiger partial charge in [-0.25, -0.2) is 9.59 Å². The Morgan fingerprint density at radius 1 is 0.615 bits per heavy atom. The van der Waals surface area contributed by atoms with Gasteiger partial charge in [-0.15, -0.1) is 13.2 Å². The number of nitrogens with zero attached hydrogens (tertiary/aromatic N) is 2. The van der Waals surface area contributed by atoms with E-state index in [0.717, 1.165) is 95.2 Å². The maximum Gasteiger partial charge on any atom is 0.331 e. The lowest BCUT2D eigenvalue weighted by atomic mass is 10.0. The van der Waals surface area contributed by atoms with Crippen molar-refractivity contribution < 1.29 is 19.1 Å². The summed E-state index contributed by atoms with van der Waals surface area (Å²) >= 11 is 6.98. The zero-order valence-corrected chi connectivity index (χ0v) is 34.9. The summed E-state index contributed by atoms with van der Waals surface area (Å²) in [4.78, 5) is 30.7. The molecule has 0 aromatic heterocycles. The van der Waals surface area contributed by atoms with E-state index in [1.54, 1.807) is 0 Å². The van der Waals surface area contributed by atoms with Gasteiger partial charge in [0, 0.05) is 47.3 Å². The minimum Gasteiger partial charge on any atom is -0.450 e. The van der Waals surface area contributed by atoms with Crippen LogP contribution in [-0.4, -0.2) is 62.0 Å². The lowest BCUT2D eigenvalue weighted by molar-refractivity contribution is -0.144. The molecule has 0 N–H and O–H groups in total. The number of halogens is 2. The van der Waals surface area contributed by atoms with Crippen LogP contribution in [0, 0.1) is 0 Å². The largest absolute Gasteiger partial charge is 0.450 e. The van der Waals surface area contributed by atoms with E-state index in [4.69, 9.17) is 9.47 Å². The van der Waals surface area contributed by atoms with Crippen molar-refractivity contribution in [2.24, 2.45) is 0 Å². The number of carbonyl (C=O) groups excluding carboxylic acids is 2. The lowest BCUT2D eigenvalue weighted by Gasteiger charge is -2.20. The molecule has 0 radical (unpaired) electrons. The Morgan fingerprint density at radius 2 is 0.962 bits per heavy atom. The first-order valence-corrected chi connectivity index (χ1v) is 19.2. The molecule has 280 valence electrons. The molecular formula is C44H56Br2N2O4. The SMILES string of the molecule is C=CCN(C)C/C=C(\C)CC/C=C(\C)[C@H](OC(=O)/C=C/C(=O)O[C@@H](/C(C)=C/CC/C(C)=C/CN(C)CC=C)c1ccc(Br)cc1)c1ccc(Br)cc1. The Kier molecular flexibility index (Phi) is 21.1. The average molecular weight is 837 g/mol. The second kappa shape index (κ2) is 24.6. The predicted octanol–water partition coefficient (Wildman–Crippen LogP) is 11.2. The van der Waals surface area contributed by atoms with E-state index in [-0.39, 0.29) is 0 Å². The zero-order valence-electron chi connectivity index (χ0n) is 31.7. The monoisotopic (exact) mass is 834 g/mol. The van der Waals surface area contributed by atoms with Crippen LogP contribution in [0.15, 0.2) is 142 Å². The zero-order chi connectivity index (χ0) is 38.5. The normalized spacial score (nSPS) is 14.1. The number of hydrogen-bond acceptors (Lipinski definition) is 6. The molecule has 2 rings (SSSR count). The lowest BCUT2D eigenvalue weighted by Crippen LogP contribution is -2.18. The third kappa shape index (κ3) is 17.8. The molecule has 0 bridgehead atoms. The molecule has 0 fully saturated rings. The Balaban J connectivity index is 2.15. The Bertz CT molecular complexity index is 1480. The number of ether oxygens (including phenoxy) is 2. The molecule has 0 unspecified atom stereocenters. The van der Waals surface area contributed by atoms with Gasteiger partial charge in [-0.05, 0) is 114 Å². The fourth-order valence-corrected chi connectivity index (χ4v) is 5.78. The van der Waals surface area contributed by atoms with Gasteiger partial charge in [0.15, 0.2) is 0 Å². The number of esters is 2. The van der Waals surface area contributed by atoms with Crippen LogP contribution in [0.2, 0.25) is 0 Å². The van der Waals surface area contributed by atoms with Gasteiger partial charge in [0.2, 0.25) is 0 Å². The quantitative estimate of drug-likeness (QED) is 0.0669. The van der Waals surface area contributed by atoms with Gasteiger partial charge in [0.1, 0.15) is 12.2 Å². The molecule has 6 nitrogen and oxygen atoms in total. The molecule has 0 aliphatic carbocycles. The maximum atomic E-state index is 13.1. The third-order valence-corrected chi connectivity index (χ3v) is 9.45. The molecule has 2 atom stereocenters. The first-order valence-electron chi connectivity index (χ1n) is 17.7. The fraction of sp³-hybridized carbons (Fsp3) is 0.364. The van der Waals surface area contributed by atoms with E-state index in [2.05, 4.69) is 107 Å². The number of hydrogen-bond donors (Lipinski definition) is 0. The molecule has 0 amide bonds. The van der Waals surface area contributed by atoms with E-state index in [1.807, 2.05) is 74.5 Å². The standard InChI is InChI=1S/C44H56Br2N2O4/c1-9-29-47(7)31-27-33(3)13-11-15-35(5)43(37-17-21-39(45)22-18-37)51-41(49)25-26-42(50)52-44(38-19-23-40(46)24-20-38)36(6)16-12-14-34(4)28-32-48(8)30-10-2/h9-10,15-28,43-44H,1-2,11-14,29-32H2,3-8H3/b26-25+,33-27+,34-28+,35-15+,36-16+/t43-,44-/m0/s1. The van der Waals surface area contributed by atoms with Crippen LogP contribution in [0.4, 0.5) is 0 Å². The number of rotatable bonds is 22. The van der Waals surface area contributed by atoms with E-state index in [1.165, 1.54) is 11.1 Å². The molecule has 2 aromatic rings. The topological polar surface area (TPSA) is 59.1 Å². The molecular weight excluding hydrogens is 780 g/mol. The summed E-state index contributed by atoms with van der Waals surface area (Å²) in [5.74, 6) is -1.26. The molecule has 0 saturated carbocycles. The van der Waals surface area contributed by atoms with Crippen molar-refractivity contribution in [2.45, 2.75) is 65.6 Å². The smallest absolute Gasteiger partial charge is 0.331 e. The van der Waals surface area contributed by atoms with Crippen molar-refractivity contribution in [3.05, 3.63) is 153 Å². The molecule has 2 aromatic carbocycles. The van der Waals surface area contributed by atoms with Crippen molar-refractivity contribution >= 4 is 43.8 Å². The van der Waals surface area contributed by atoms with Crippen molar-refractivity contribution in [1.82, 2.24) is 9.80 Å². The van der Waals surface area contributed by atoms with E-state index < -0.39 is 24.1 Å². The minimum absolute atomic E-state index is 0.607. The first-order chi connectivity index (χ1) is 24.8. The van der Waals surface area contributed by atoms with Gasteiger partial charge < -0.3 is 9.47 Å². The number of benzene rings is 2. The van der Waals surface area contributed by atoms with Crippen molar-refractivity contribution in [2.75, 3.05) is 40.3 Å². The van der Waals surface area contributed by atoms with Crippen LogP contribution in [0.5, 0.6) is 0 Å². The number of carbonyl (C=O) groups is 2. The van der Waals surface area contributed by atoms with Gasteiger partial charge in [0.25, 0.3) is 0 Å². The Morgan fingerprint density at radius 3 is 1.29 bits per heavy atom. The van der Waals surface area contributed by atoms with Crippen LogP contribution < -0.4 is 0 Å². The number of likely N-dealkylation sites (N-methyl/N-ethyl adjacent to an activating group) is 2. The Hall–Kier alpha value is -3.56. The second-order valence-corrected chi connectivity index (χ2v) is 15.0. The van der Waals surface area contributed by atoms with Crippen LogP contribution in [0.25, 0.3) is 0 Å². The van der Waals surface area contributed by atoms with Gasteiger partial charge in [-0.1, -0.05) is 104 Å². The fourth-order valence-electron chi connectivity index (χ4n) is 5.26. The van der Waals surface area contributed by atoms with Gasteiger partial charge in [-0.3, -0.25) is 9.80 Å². The summed E-state index contributed by atoms with van der Waals surface area (Å²) in [5, 5.41) is 0. The van der Waals surface area contributed by atoms with Crippen LogP contribution >= 0.6 is 31.9 Å². The van der Waals surface area contributed by atoms with Gasteiger partial charge in [0.05, 0.1) is 0 Å². The van der Waals surface area contributed by atoms with E-state index in [9.17, 15) is 9.59 Å². The van der Waals surface area contributed by atoms with Crippen LogP contribution in [-0.2, 0) is 19.1 Å². The van der Waals surface area contributed by atoms with Crippen molar-refractivity contribution in [3.63, 3.8) is 0 Å². The summed E-state index contributed by atoms with van der Waals surface area (Å²) in [6.07, 6.45) is 16.9. The maximum absolute atomic E-state index is 13.1. The highest BCUT2D eigenvalue weighted by molar-refractivity contribution is 9.10. The summed E-state index contributed by atoms with van der Waals surface area (Å²) in [5.41, 5.74) is 6.08. The summed E-state index contributed by atoms with van der Waals surface area (Å²) in [7, 11) is 4.13. The summed E-state index contributed by atoms with van der Waals surface area (Å²) in [6.45, 7) is 19.2. The van der Waals surface area contributed by atoms with Gasteiger partial charge >= 0.3 is 11.9 Å². The van der Waals surface area contributed by atoms with Crippen molar-refractivity contribution in [1.29, 1.82) is 0 Å². The Labute approximate surface area is 329 Å². The second-order valence-electron chi connectivity index (χ2n) is 13.2. The first kappa shape index (κ1) is 44.6. The molecule has 0 aliphatic rings. The predicted molar refractivity (Wildman–Crippen MR) is 224 cm³/mol. The average Bonchev–Trinajstić information content (AvgIpc) is 3.11. The molecule has 52 heavy (non-hydrogen) atoms. The minimum atomic E-state index is -0.632. The molecule has 0 heterocycles. The van der Waals surface area contributed by atoms with Crippen LogP contribution in [0.1, 0.15) is 76.7 Å². The van der Waals surface area contributed by atoms with Gasteiger partial charge in [-0.2, -0.15) is 0 Å².